The van der Waals surface area contributed by atoms with Crippen LogP contribution >= 0.6 is 0 Å². The summed E-state index contributed by atoms with van der Waals surface area (Å²) in [5, 5.41) is 5.89. The Balaban J connectivity index is 1.40. The average molecular weight is 495 g/mol. The Morgan fingerprint density at radius 1 is 0.526 bits per heavy atom. The highest BCUT2D eigenvalue weighted by Gasteiger charge is 2.30. The van der Waals surface area contributed by atoms with Crippen LogP contribution in [-0.4, -0.2) is 28.3 Å². The average Bonchev–Trinajstić information content (AvgIpc) is 2.96. The lowest BCUT2D eigenvalue weighted by Crippen LogP contribution is -2.36. The quantitative estimate of drug-likeness (QED) is 0.297. The molecule has 182 valence electrons. The van der Waals surface area contributed by atoms with Gasteiger partial charge in [-0.2, -0.15) is 0 Å². The molecule has 0 saturated carbocycles. The highest BCUT2D eigenvalue weighted by atomic mass is 16.2. The molecule has 1 aliphatic heterocycles. The van der Waals surface area contributed by atoms with Crippen molar-refractivity contribution in [3.05, 3.63) is 112 Å². The van der Waals surface area contributed by atoms with Crippen LogP contribution in [0.25, 0.3) is 61.2 Å². The second-order valence-corrected chi connectivity index (χ2v) is 9.84. The second-order valence-electron chi connectivity index (χ2n) is 9.84. The van der Waals surface area contributed by atoms with Crippen LogP contribution in [-0.2, 0) is 7.05 Å². The van der Waals surface area contributed by atoms with Gasteiger partial charge in [-0.1, -0.05) is 73.3 Å². The number of aromatic nitrogens is 1. The highest BCUT2D eigenvalue weighted by Crippen LogP contribution is 2.38. The Bertz CT molecular complexity index is 2070. The number of nitrogens with zero attached hydrogens (tertiary/aromatic N) is 2. The van der Waals surface area contributed by atoms with E-state index in [-0.39, 0.29) is 17.4 Å². The Morgan fingerprint density at radius 2 is 1.03 bits per heavy atom. The molecular formula is C33H22N2O3. The zero-order valence-corrected chi connectivity index (χ0v) is 20.9. The predicted molar refractivity (Wildman–Crippen MR) is 152 cm³/mol. The maximum absolute atomic E-state index is 12.9. The molecule has 7 rings (SSSR count). The van der Waals surface area contributed by atoms with E-state index >= 15 is 0 Å². The van der Waals surface area contributed by atoms with Gasteiger partial charge in [-0.3, -0.25) is 19.3 Å². The van der Waals surface area contributed by atoms with Crippen LogP contribution in [0.4, 0.5) is 0 Å². The van der Waals surface area contributed by atoms with Gasteiger partial charge in [0.1, 0.15) is 0 Å². The molecule has 0 fully saturated rings. The molecule has 1 aliphatic rings. The molecule has 0 spiro atoms. The molecule has 0 aliphatic carbocycles. The maximum atomic E-state index is 12.9. The van der Waals surface area contributed by atoms with Crippen molar-refractivity contribution in [1.82, 2.24) is 9.47 Å². The van der Waals surface area contributed by atoms with Crippen molar-refractivity contribution < 1.29 is 9.59 Å². The highest BCUT2D eigenvalue weighted by molar-refractivity contribution is 6.26. The number of imide groups is 1. The van der Waals surface area contributed by atoms with Gasteiger partial charge in [0.25, 0.3) is 17.4 Å². The van der Waals surface area contributed by atoms with Crippen LogP contribution in [0.5, 0.6) is 0 Å². The Morgan fingerprint density at radius 3 is 1.68 bits per heavy atom. The molecule has 0 radical (unpaired) electrons. The lowest BCUT2D eigenvalue weighted by molar-refractivity contribution is 0.0650. The van der Waals surface area contributed by atoms with Crippen molar-refractivity contribution in [2.75, 3.05) is 7.05 Å². The standard InChI is InChI=1S/C33H22N2O3/c1-18-21-6-4-7-24-22(14-16-27(29(21)24)31(36)34(18)2)19-10-12-20(13-11-19)23-15-17-28-30-25(23)8-5-9-26(30)32(37)35(3)33(28)38/h4-17H,1H2,2-3H3. The summed E-state index contributed by atoms with van der Waals surface area (Å²) in [5.74, 6) is -0.563. The van der Waals surface area contributed by atoms with Crippen LogP contribution in [0.3, 0.4) is 0 Å². The topological polar surface area (TPSA) is 59.4 Å². The van der Waals surface area contributed by atoms with Gasteiger partial charge in [-0.25, -0.2) is 0 Å². The second kappa shape index (κ2) is 7.73. The number of rotatable bonds is 2. The lowest BCUT2D eigenvalue weighted by atomic mass is 9.88. The predicted octanol–water partition coefficient (Wildman–Crippen LogP) is 5.53. The minimum absolute atomic E-state index is 0.0494. The Labute approximate surface area is 217 Å². The summed E-state index contributed by atoms with van der Waals surface area (Å²) < 4.78 is 1.60. The zero-order chi connectivity index (χ0) is 26.3. The van der Waals surface area contributed by atoms with Gasteiger partial charge in [0.2, 0.25) is 0 Å². The molecule has 0 atom stereocenters. The normalized spacial score (nSPS) is 13.3. The summed E-state index contributed by atoms with van der Waals surface area (Å²) in [4.78, 5) is 39.7. The van der Waals surface area contributed by atoms with Crippen molar-refractivity contribution in [3.63, 3.8) is 0 Å². The Hall–Kier alpha value is -5.03. The summed E-state index contributed by atoms with van der Waals surface area (Å²) in [5.41, 5.74) is 5.06. The number of hydrogen-bond acceptors (Lipinski definition) is 3. The minimum atomic E-state index is -0.282. The fraction of sp³-hybridized carbons (Fsp3) is 0.0606. The number of amides is 2. The van der Waals surface area contributed by atoms with E-state index in [1.54, 1.807) is 17.7 Å². The fourth-order valence-corrected chi connectivity index (χ4v) is 5.86. The van der Waals surface area contributed by atoms with Crippen molar-refractivity contribution in [2.45, 2.75) is 0 Å². The van der Waals surface area contributed by atoms with E-state index < -0.39 is 0 Å². The smallest absolute Gasteiger partial charge is 0.261 e. The summed E-state index contributed by atoms with van der Waals surface area (Å²) in [6.45, 7) is 4.14. The van der Waals surface area contributed by atoms with E-state index in [2.05, 4.69) is 36.9 Å². The number of carbonyl (C=O) groups excluding carboxylic acids is 2. The van der Waals surface area contributed by atoms with E-state index in [0.29, 0.717) is 27.2 Å². The SMILES string of the molecule is C=c1c2cccc3c(-c4ccc(-c5ccc6c7c(cccc57)C(=O)N(C)C6=O)cc4)ccc(c(=O)n1C)c32. The van der Waals surface area contributed by atoms with Crippen molar-refractivity contribution in [1.29, 1.82) is 0 Å². The van der Waals surface area contributed by atoms with Crippen LogP contribution in [0.15, 0.2) is 89.7 Å². The summed E-state index contributed by atoms with van der Waals surface area (Å²) >= 11 is 0. The molecule has 0 N–H and O–H groups in total. The molecule has 2 heterocycles. The first-order valence-corrected chi connectivity index (χ1v) is 12.4. The summed E-state index contributed by atoms with van der Waals surface area (Å²) in [7, 11) is 3.27. The van der Waals surface area contributed by atoms with E-state index in [0.717, 1.165) is 43.8 Å². The third-order valence-electron chi connectivity index (χ3n) is 7.91. The van der Waals surface area contributed by atoms with Crippen molar-refractivity contribution in [2.24, 2.45) is 7.05 Å². The van der Waals surface area contributed by atoms with Crippen LogP contribution in [0.1, 0.15) is 20.7 Å². The maximum Gasteiger partial charge on any atom is 0.261 e. The van der Waals surface area contributed by atoms with E-state index in [4.69, 9.17) is 0 Å². The van der Waals surface area contributed by atoms with Gasteiger partial charge in [0.15, 0.2) is 0 Å². The Kier molecular flexibility index (Phi) is 4.52. The van der Waals surface area contributed by atoms with Gasteiger partial charge in [-0.05, 0) is 51.2 Å². The first-order valence-electron chi connectivity index (χ1n) is 12.4. The van der Waals surface area contributed by atoms with Crippen molar-refractivity contribution >= 4 is 50.7 Å². The fourth-order valence-electron chi connectivity index (χ4n) is 5.86. The van der Waals surface area contributed by atoms with Crippen LogP contribution < -0.4 is 10.9 Å². The summed E-state index contributed by atoms with van der Waals surface area (Å²) in [6, 6.07) is 27.6. The summed E-state index contributed by atoms with van der Waals surface area (Å²) in [6.07, 6.45) is 0. The first kappa shape index (κ1) is 22.2. The van der Waals surface area contributed by atoms with Gasteiger partial charge in [0.05, 0.1) is 0 Å². The number of carbonyl (C=O) groups is 2. The van der Waals surface area contributed by atoms with Gasteiger partial charge in [0, 0.05) is 52.1 Å². The molecule has 5 aromatic carbocycles. The molecular weight excluding hydrogens is 472 g/mol. The van der Waals surface area contributed by atoms with E-state index in [1.807, 2.05) is 48.5 Å². The molecule has 2 amide bonds. The monoisotopic (exact) mass is 494 g/mol. The third-order valence-corrected chi connectivity index (χ3v) is 7.91. The minimum Gasteiger partial charge on any atom is -0.311 e. The largest absolute Gasteiger partial charge is 0.311 e. The third kappa shape index (κ3) is 2.84. The number of benzene rings is 5. The molecule has 6 aromatic rings. The van der Waals surface area contributed by atoms with Gasteiger partial charge >= 0.3 is 0 Å². The van der Waals surface area contributed by atoms with E-state index in [9.17, 15) is 14.4 Å². The molecule has 0 saturated heterocycles. The number of hydrogen-bond donors (Lipinski definition) is 0. The van der Waals surface area contributed by atoms with Crippen LogP contribution in [0.2, 0.25) is 0 Å². The lowest BCUT2D eigenvalue weighted by Gasteiger charge is -2.24. The van der Waals surface area contributed by atoms with Gasteiger partial charge < -0.3 is 4.57 Å². The first-order chi connectivity index (χ1) is 18.4. The number of pyridine rings is 1. The van der Waals surface area contributed by atoms with Crippen LogP contribution in [0, 0.1) is 0 Å². The van der Waals surface area contributed by atoms with Crippen molar-refractivity contribution in [3.8, 4) is 22.3 Å². The molecule has 1 aromatic heterocycles. The van der Waals surface area contributed by atoms with E-state index in [1.165, 1.54) is 11.9 Å². The van der Waals surface area contributed by atoms with Gasteiger partial charge in [-0.15, -0.1) is 0 Å². The molecule has 38 heavy (non-hydrogen) atoms. The molecule has 5 nitrogen and oxygen atoms in total. The zero-order valence-electron chi connectivity index (χ0n) is 20.9. The molecule has 5 heteroatoms. The molecule has 0 bridgehead atoms. The molecule has 0 unspecified atom stereocenters.